The zero-order valence-electron chi connectivity index (χ0n) is 12.7. The summed E-state index contributed by atoms with van der Waals surface area (Å²) < 4.78 is 16.9. The summed E-state index contributed by atoms with van der Waals surface area (Å²) in [4.78, 5) is 20.7. The van der Waals surface area contributed by atoms with Crippen LogP contribution in [-0.4, -0.2) is 15.9 Å². The van der Waals surface area contributed by atoms with E-state index < -0.39 is 11.6 Å². The van der Waals surface area contributed by atoms with Crippen molar-refractivity contribution in [1.82, 2.24) is 9.97 Å². The van der Waals surface area contributed by atoms with Gasteiger partial charge in [-0.25, -0.2) is 9.37 Å². The maximum Gasteiger partial charge on any atom is 0.267 e. The highest BCUT2D eigenvalue weighted by molar-refractivity contribution is 9.10. The highest BCUT2D eigenvalue weighted by Crippen LogP contribution is 2.33. The monoisotopic (exact) mass is 443 g/mol. The highest BCUT2D eigenvalue weighted by atomic mass is 79.9. The van der Waals surface area contributed by atoms with Crippen molar-refractivity contribution in [1.29, 1.82) is 0 Å². The fraction of sp³-hybridized carbons (Fsp3) is 0.312. The second-order valence-electron chi connectivity index (χ2n) is 5.16. The van der Waals surface area contributed by atoms with E-state index in [1.54, 1.807) is 31.3 Å². The Hall–Kier alpha value is -1.34. The number of aryl methyl sites for hydroxylation is 1. The molecule has 0 saturated carbocycles. The van der Waals surface area contributed by atoms with E-state index in [2.05, 4.69) is 47.1 Å². The summed E-state index contributed by atoms with van der Waals surface area (Å²) in [5, 5.41) is 2.56. The molecule has 0 aromatic carbocycles. The summed E-state index contributed by atoms with van der Waals surface area (Å²) in [6, 6.07) is 4.96. The number of amides is 1. The topological polar surface area (TPSA) is 54.9 Å². The van der Waals surface area contributed by atoms with Crippen LogP contribution in [0.25, 0.3) is 0 Å². The Labute approximate surface area is 151 Å². The van der Waals surface area contributed by atoms with Crippen molar-refractivity contribution < 1.29 is 9.18 Å². The lowest BCUT2D eigenvalue weighted by molar-refractivity contribution is -0.128. The van der Waals surface area contributed by atoms with Gasteiger partial charge in [0.25, 0.3) is 5.91 Å². The number of pyridine rings is 2. The van der Waals surface area contributed by atoms with Crippen LogP contribution in [0.1, 0.15) is 31.0 Å². The number of carbonyl (C=O) groups is 1. The van der Waals surface area contributed by atoms with Crippen molar-refractivity contribution >= 4 is 43.6 Å². The molecule has 2 aromatic heterocycles. The fourth-order valence-electron chi connectivity index (χ4n) is 2.19. The molecule has 23 heavy (non-hydrogen) atoms. The Balaban J connectivity index is 2.32. The standard InChI is InChI=1S/C16H16Br2FN3O/c1-3-6-16(19,11-7-12(17)9-20-8-11)15(23)22-14-5-4-13(18)10(2)21-14/h4-5,7-9H,3,6H2,1-2H3,(H,21,22,23). The Kier molecular flexibility index (Phi) is 5.86. The molecule has 2 heterocycles. The first kappa shape index (κ1) is 18.0. The van der Waals surface area contributed by atoms with Gasteiger partial charge in [-0.05, 0) is 63.4 Å². The van der Waals surface area contributed by atoms with Crippen molar-refractivity contribution in [2.24, 2.45) is 0 Å². The third-order valence-electron chi connectivity index (χ3n) is 3.38. The van der Waals surface area contributed by atoms with Crippen LogP contribution in [0.15, 0.2) is 39.5 Å². The van der Waals surface area contributed by atoms with Crippen molar-refractivity contribution in [3.05, 3.63) is 50.8 Å². The third-order valence-corrected chi connectivity index (χ3v) is 4.65. The van der Waals surface area contributed by atoms with Crippen LogP contribution in [0.2, 0.25) is 0 Å². The lowest BCUT2D eigenvalue weighted by Crippen LogP contribution is -2.36. The van der Waals surface area contributed by atoms with Crippen LogP contribution >= 0.6 is 31.9 Å². The maximum absolute atomic E-state index is 15.5. The number of anilines is 1. The lowest BCUT2D eigenvalue weighted by atomic mass is 9.91. The first-order valence-corrected chi connectivity index (χ1v) is 8.70. The highest BCUT2D eigenvalue weighted by Gasteiger charge is 2.40. The Bertz CT molecular complexity index is 726. The van der Waals surface area contributed by atoms with Gasteiger partial charge in [0.2, 0.25) is 5.67 Å². The molecular weight excluding hydrogens is 429 g/mol. The summed E-state index contributed by atoms with van der Waals surface area (Å²) >= 11 is 6.60. The number of alkyl halides is 1. The Morgan fingerprint density at radius 3 is 2.70 bits per heavy atom. The summed E-state index contributed by atoms with van der Waals surface area (Å²) in [7, 11) is 0. The van der Waals surface area contributed by atoms with Crippen molar-refractivity contribution in [2.75, 3.05) is 5.32 Å². The van der Waals surface area contributed by atoms with E-state index in [9.17, 15) is 4.79 Å². The summed E-state index contributed by atoms with van der Waals surface area (Å²) in [5.41, 5.74) is -1.22. The van der Waals surface area contributed by atoms with Crippen LogP contribution in [0.4, 0.5) is 10.2 Å². The van der Waals surface area contributed by atoms with Crippen LogP contribution in [0, 0.1) is 6.92 Å². The molecule has 1 amide bonds. The lowest BCUT2D eigenvalue weighted by Gasteiger charge is -2.24. The summed E-state index contributed by atoms with van der Waals surface area (Å²) in [6.45, 7) is 3.63. The zero-order valence-corrected chi connectivity index (χ0v) is 15.9. The number of hydrogen-bond acceptors (Lipinski definition) is 3. The third kappa shape index (κ3) is 4.14. The van der Waals surface area contributed by atoms with Gasteiger partial charge in [0.15, 0.2) is 0 Å². The minimum Gasteiger partial charge on any atom is -0.308 e. The molecule has 1 unspecified atom stereocenters. The smallest absolute Gasteiger partial charge is 0.267 e. The van der Waals surface area contributed by atoms with Gasteiger partial charge in [-0.2, -0.15) is 0 Å². The molecule has 2 aromatic rings. The van der Waals surface area contributed by atoms with E-state index in [-0.39, 0.29) is 12.0 Å². The molecule has 0 aliphatic rings. The Morgan fingerprint density at radius 1 is 1.35 bits per heavy atom. The van der Waals surface area contributed by atoms with Crippen molar-refractivity contribution in [3.8, 4) is 0 Å². The molecule has 0 bridgehead atoms. The summed E-state index contributed by atoms with van der Waals surface area (Å²) in [6.07, 6.45) is 3.50. The van der Waals surface area contributed by atoms with Crippen molar-refractivity contribution in [3.63, 3.8) is 0 Å². The zero-order chi connectivity index (χ0) is 17.0. The average Bonchev–Trinajstić information content (AvgIpc) is 2.51. The molecule has 1 atom stereocenters. The SMILES string of the molecule is CCCC(F)(C(=O)Nc1ccc(Br)c(C)n1)c1cncc(Br)c1. The molecule has 1 N–H and O–H groups in total. The molecule has 122 valence electrons. The van der Waals surface area contributed by atoms with Gasteiger partial charge in [-0.1, -0.05) is 13.3 Å². The number of aromatic nitrogens is 2. The van der Waals surface area contributed by atoms with Gasteiger partial charge in [-0.15, -0.1) is 0 Å². The molecule has 0 radical (unpaired) electrons. The molecule has 4 nitrogen and oxygen atoms in total. The number of rotatable bonds is 5. The fourth-order valence-corrected chi connectivity index (χ4v) is 2.78. The second-order valence-corrected chi connectivity index (χ2v) is 6.93. The van der Waals surface area contributed by atoms with Crippen molar-refractivity contribution in [2.45, 2.75) is 32.4 Å². The van der Waals surface area contributed by atoms with E-state index >= 15 is 4.39 Å². The molecule has 0 aliphatic carbocycles. The summed E-state index contributed by atoms with van der Waals surface area (Å²) in [5.74, 6) is -0.426. The van der Waals surface area contributed by atoms with E-state index in [0.717, 1.165) is 4.47 Å². The number of nitrogens with one attached hydrogen (secondary N) is 1. The van der Waals surface area contributed by atoms with E-state index in [4.69, 9.17) is 0 Å². The van der Waals surface area contributed by atoms with Gasteiger partial charge in [0.05, 0.1) is 5.69 Å². The molecule has 0 fully saturated rings. The van der Waals surface area contributed by atoms with Gasteiger partial charge in [0.1, 0.15) is 5.82 Å². The first-order valence-electron chi connectivity index (χ1n) is 7.11. The molecule has 2 rings (SSSR count). The number of carbonyl (C=O) groups excluding carboxylic acids is 1. The minimum absolute atomic E-state index is 0.0620. The average molecular weight is 445 g/mol. The maximum atomic E-state index is 15.5. The number of nitrogens with zero attached hydrogens (tertiary/aromatic N) is 2. The van der Waals surface area contributed by atoms with Gasteiger partial charge >= 0.3 is 0 Å². The normalized spacial score (nSPS) is 13.4. The van der Waals surface area contributed by atoms with Gasteiger partial charge in [-0.3, -0.25) is 9.78 Å². The number of hydrogen-bond donors (Lipinski definition) is 1. The molecule has 0 spiro atoms. The predicted octanol–water partition coefficient (Wildman–Crippen LogP) is 4.91. The van der Waals surface area contributed by atoms with E-state index in [1.165, 1.54) is 6.20 Å². The van der Waals surface area contributed by atoms with Crippen LogP contribution < -0.4 is 5.32 Å². The molecule has 0 aliphatic heterocycles. The minimum atomic E-state index is -2.16. The predicted molar refractivity (Wildman–Crippen MR) is 94.9 cm³/mol. The Morgan fingerprint density at radius 2 is 2.09 bits per heavy atom. The molecular formula is C16H16Br2FN3O. The van der Waals surface area contributed by atoms with Crippen LogP contribution in [0.5, 0.6) is 0 Å². The first-order chi connectivity index (χ1) is 10.9. The van der Waals surface area contributed by atoms with Gasteiger partial charge < -0.3 is 5.32 Å². The van der Waals surface area contributed by atoms with Crippen LogP contribution in [0.3, 0.4) is 0 Å². The largest absolute Gasteiger partial charge is 0.308 e. The van der Waals surface area contributed by atoms with E-state index in [0.29, 0.717) is 22.4 Å². The number of halogens is 3. The molecule has 0 saturated heterocycles. The van der Waals surface area contributed by atoms with Crippen LogP contribution in [-0.2, 0) is 10.5 Å². The molecule has 7 heteroatoms. The quantitative estimate of drug-likeness (QED) is 0.712. The van der Waals surface area contributed by atoms with Gasteiger partial charge in [0, 0.05) is 26.9 Å². The van der Waals surface area contributed by atoms with E-state index in [1.807, 2.05) is 6.92 Å². The second kappa shape index (κ2) is 7.49.